The zero-order chi connectivity index (χ0) is 19.1. The SMILES string of the molecule is CN=C(NCc1ccc(F)cc1CSC)NCC(C)c1c(C)noc1C.I. The number of halogens is 2. The maximum atomic E-state index is 13.5. The molecule has 1 heterocycles. The summed E-state index contributed by atoms with van der Waals surface area (Å²) in [5, 5.41) is 10.7. The first-order valence-electron chi connectivity index (χ1n) is 8.59. The topological polar surface area (TPSA) is 62.5 Å². The molecule has 0 aliphatic heterocycles. The lowest BCUT2D eigenvalue weighted by atomic mass is 10.00. The highest BCUT2D eigenvalue weighted by molar-refractivity contribution is 14.0. The minimum atomic E-state index is -0.200. The van der Waals surface area contributed by atoms with E-state index in [-0.39, 0.29) is 35.7 Å². The van der Waals surface area contributed by atoms with Crippen molar-refractivity contribution in [1.29, 1.82) is 0 Å². The lowest BCUT2D eigenvalue weighted by molar-refractivity contribution is 0.391. The molecule has 0 saturated carbocycles. The first-order valence-corrected chi connectivity index (χ1v) is 9.99. The molecular weight excluding hydrogens is 478 g/mol. The lowest BCUT2D eigenvalue weighted by Crippen LogP contribution is -2.38. The molecule has 0 saturated heterocycles. The molecule has 0 aliphatic rings. The predicted octanol–water partition coefficient (Wildman–Crippen LogP) is 4.38. The molecule has 1 aromatic carbocycles. The van der Waals surface area contributed by atoms with Crippen molar-refractivity contribution in [2.75, 3.05) is 19.8 Å². The molecule has 0 spiro atoms. The van der Waals surface area contributed by atoms with Crippen LogP contribution in [0.4, 0.5) is 4.39 Å². The van der Waals surface area contributed by atoms with Crippen LogP contribution in [0.5, 0.6) is 0 Å². The number of rotatable bonds is 7. The van der Waals surface area contributed by atoms with Gasteiger partial charge in [0.2, 0.25) is 0 Å². The summed E-state index contributed by atoms with van der Waals surface area (Å²) in [4.78, 5) is 4.27. The fourth-order valence-electron chi connectivity index (χ4n) is 3.00. The summed E-state index contributed by atoms with van der Waals surface area (Å²) in [5.74, 6) is 2.39. The number of hydrogen-bond donors (Lipinski definition) is 2. The lowest BCUT2D eigenvalue weighted by Gasteiger charge is -2.17. The molecule has 1 aromatic heterocycles. The van der Waals surface area contributed by atoms with Gasteiger partial charge in [0, 0.05) is 37.4 Å². The van der Waals surface area contributed by atoms with Gasteiger partial charge in [-0.1, -0.05) is 18.1 Å². The van der Waals surface area contributed by atoms with Crippen LogP contribution in [0.15, 0.2) is 27.7 Å². The van der Waals surface area contributed by atoms with Crippen molar-refractivity contribution in [3.8, 4) is 0 Å². The monoisotopic (exact) mass is 506 g/mol. The highest BCUT2D eigenvalue weighted by Gasteiger charge is 2.16. The van der Waals surface area contributed by atoms with E-state index in [4.69, 9.17) is 4.52 Å². The Bertz CT molecular complexity index is 747. The molecule has 0 aliphatic carbocycles. The highest BCUT2D eigenvalue weighted by atomic mass is 127. The van der Waals surface area contributed by atoms with E-state index in [9.17, 15) is 4.39 Å². The van der Waals surface area contributed by atoms with Crippen molar-refractivity contribution < 1.29 is 8.91 Å². The van der Waals surface area contributed by atoms with E-state index in [1.54, 1.807) is 24.9 Å². The summed E-state index contributed by atoms with van der Waals surface area (Å²) in [5.41, 5.74) is 4.13. The van der Waals surface area contributed by atoms with Crippen molar-refractivity contribution in [3.63, 3.8) is 0 Å². The molecule has 0 fully saturated rings. The smallest absolute Gasteiger partial charge is 0.191 e. The van der Waals surface area contributed by atoms with E-state index in [1.807, 2.05) is 26.2 Å². The van der Waals surface area contributed by atoms with Gasteiger partial charge in [0.1, 0.15) is 11.6 Å². The Balaban J connectivity index is 0.00000364. The van der Waals surface area contributed by atoms with Crippen LogP contribution in [0, 0.1) is 19.7 Å². The van der Waals surface area contributed by atoms with Gasteiger partial charge in [-0.3, -0.25) is 4.99 Å². The fourth-order valence-corrected chi connectivity index (χ4v) is 3.58. The van der Waals surface area contributed by atoms with Crippen molar-refractivity contribution in [3.05, 3.63) is 52.2 Å². The van der Waals surface area contributed by atoms with E-state index in [2.05, 4.69) is 27.7 Å². The van der Waals surface area contributed by atoms with Crippen LogP contribution in [0.2, 0.25) is 0 Å². The van der Waals surface area contributed by atoms with E-state index < -0.39 is 0 Å². The standard InChI is InChI=1S/C19H27FN4OS.HI/c1-12(18-13(2)24-25-14(18)3)9-22-19(21-4)23-10-15-6-7-17(20)8-16(15)11-26-5;/h6-8,12H,9-11H2,1-5H3,(H2,21,22,23);1H. The summed E-state index contributed by atoms with van der Waals surface area (Å²) < 4.78 is 18.7. The average molecular weight is 506 g/mol. The number of aliphatic imine (C=N–C) groups is 1. The van der Waals surface area contributed by atoms with E-state index in [0.29, 0.717) is 19.0 Å². The molecule has 27 heavy (non-hydrogen) atoms. The number of nitrogens with zero attached hydrogens (tertiary/aromatic N) is 2. The highest BCUT2D eigenvalue weighted by Crippen LogP contribution is 2.22. The molecule has 0 bridgehead atoms. The van der Waals surface area contributed by atoms with E-state index in [0.717, 1.165) is 33.9 Å². The molecule has 1 unspecified atom stereocenters. The Morgan fingerprint density at radius 2 is 2.04 bits per heavy atom. The summed E-state index contributed by atoms with van der Waals surface area (Å²) in [6.45, 7) is 7.32. The van der Waals surface area contributed by atoms with Gasteiger partial charge in [-0.15, -0.1) is 24.0 Å². The average Bonchev–Trinajstić information content (AvgIpc) is 2.95. The van der Waals surface area contributed by atoms with E-state index >= 15 is 0 Å². The summed E-state index contributed by atoms with van der Waals surface area (Å²) in [7, 11) is 1.74. The van der Waals surface area contributed by atoms with Crippen LogP contribution in [-0.4, -0.2) is 31.0 Å². The third-order valence-corrected chi connectivity index (χ3v) is 4.89. The van der Waals surface area contributed by atoms with Crippen LogP contribution in [-0.2, 0) is 12.3 Å². The van der Waals surface area contributed by atoms with Crippen molar-refractivity contribution >= 4 is 41.7 Å². The van der Waals surface area contributed by atoms with Crippen LogP contribution in [0.1, 0.15) is 41.0 Å². The van der Waals surface area contributed by atoms with Crippen LogP contribution >= 0.6 is 35.7 Å². The molecule has 0 amide bonds. The van der Waals surface area contributed by atoms with Gasteiger partial charge in [-0.2, -0.15) is 11.8 Å². The maximum absolute atomic E-state index is 13.5. The molecule has 2 aromatic rings. The summed E-state index contributed by atoms with van der Waals surface area (Å²) in [6, 6.07) is 4.92. The minimum absolute atomic E-state index is 0. The third-order valence-electron chi connectivity index (χ3n) is 4.30. The number of guanidine groups is 1. The molecule has 2 N–H and O–H groups in total. The number of benzene rings is 1. The van der Waals surface area contributed by atoms with Crippen LogP contribution in [0.25, 0.3) is 0 Å². The Kier molecular flexibility index (Phi) is 10.1. The number of aromatic nitrogens is 1. The quantitative estimate of drug-likeness (QED) is 0.332. The minimum Gasteiger partial charge on any atom is -0.361 e. The second kappa shape index (κ2) is 11.5. The van der Waals surface area contributed by atoms with Crippen molar-refractivity contribution in [2.45, 2.75) is 39.0 Å². The zero-order valence-corrected chi connectivity index (χ0v) is 19.6. The van der Waals surface area contributed by atoms with Gasteiger partial charge in [-0.05, 0) is 43.4 Å². The second-order valence-electron chi connectivity index (χ2n) is 6.29. The van der Waals surface area contributed by atoms with Gasteiger partial charge < -0.3 is 15.2 Å². The first-order chi connectivity index (χ1) is 12.5. The Morgan fingerprint density at radius 1 is 1.30 bits per heavy atom. The Morgan fingerprint density at radius 3 is 2.63 bits per heavy atom. The largest absolute Gasteiger partial charge is 0.361 e. The number of thioether (sulfide) groups is 1. The first kappa shape index (κ1) is 23.7. The molecule has 0 radical (unpaired) electrons. The van der Waals surface area contributed by atoms with Crippen molar-refractivity contribution in [2.24, 2.45) is 4.99 Å². The van der Waals surface area contributed by atoms with Gasteiger partial charge in [0.05, 0.1) is 5.69 Å². The normalized spacial score (nSPS) is 12.4. The van der Waals surface area contributed by atoms with Gasteiger partial charge >= 0.3 is 0 Å². The third kappa shape index (κ3) is 6.67. The number of hydrogen-bond acceptors (Lipinski definition) is 4. The Labute approximate surface area is 182 Å². The van der Waals surface area contributed by atoms with Gasteiger partial charge in [0.25, 0.3) is 0 Å². The number of nitrogens with one attached hydrogen (secondary N) is 2. The maximum Gasteiger partial charge on any atom is 0.191 e. The number of aryl methyl sites for hydroxylation is 2. The molecular formula is C19H28FIN4OS. The molecule has 150 valence electrons. The molecule has 8 heteroatoms. The zero-order valence-electron chi connectivity index (χ0n) is 16.4. The van der Waals surface area contributed by atoms with Crippen LogP contribution in [0.3, 0.4) is 0 Å². The van der Waals surface area contributed by atoms with E-state index in [1.165, 1.54) is 6.07 Å². The molecule has 5 nitrogen and oxygen atoms in total. The van der Waals surface area contributed by atoms with Gasteiger partial charge in [-0.25, -0.2) is 4.39 Å². The second-order valence-corrected chi connectivity index (χ2v) is 7.16. The summed E-state index contributed by atoms with van der Waals surface area (Å²) in [6.07, 6.45) is 2.01. The van der Waals surface area contributed by atoms with Crippen molar-refractivity contribution in [1.82, 2.24) is 15.8 Å². The predicted molar refractivity (Wildman–Crippen MR) is 122 cm³/mol. The van der Waals surface area contributed by atoms with Crippen LogP contribution < -0.4 is 10.6 Å². The fraction of sp³-hybridized carbons (Fsp3) is 0.474. The molecule has 2 rings (SSSR count). The van der Waals surface area contributed by atoms with Gasteiger partial charge in [0.15, 0.2) is 5.96 Å². The summed E-state index contributed by atoms with van der Waals surface area (Å²) >= 11 is 1.68. The Hall–Kier alpha value is -1.29. The molecule has 1 atom stereocenters.